The Hall–Kier alpha value is -2.19. The number of amides is 1. The molecule has 2 heterocycles. The van der Waals surface area contributed by atoms with Crippen LogP contribution >= 0.6 is 23.1 Å². The summed E-state index contributed by atoms with van der Waals surface area (Å²) in [5.74, 6) is 1.65. The zero-order chi connectivity index (χ0) is 20.9. The van der Waals surface area contributed by atoms with E-state index >= 15 is 0 Å². The van der Waals surface area contributed by atoms with E-state index in [0.717, 1.165) is 35.0 Å². The molecule has 0 saturated heterocycles. The largest absolute Gasteiger partial charge is 0.356 e. The second-order valence-electron chi connectivity index (χ2n) is 7.43. The van der Waals surface area contributed by atoms with Crippen LogP contribution < -0.4 is 10.9 Å². The summed E-state index contributed by atoms with van der Waals surface area (Å²) in [7, 11) is 0. The summed E-state index contributed by atoms with van der Waals surface area (Å²) in [4.78, 5) is 34.3. The maximum absolute atomic E-state index is 12.9. The Balaban J connectivity index is 1.22. The highest BCUT2D eigenvalue weighted by atomic mass is 32.2. The molecule has 0 fully saturated rings. The molecule has 0 spiro atoms. The number of hydrogen-bond donors (Lipinski definition) is 2. The van der Waals surface area contributed by atoms with Crippen LogP contribution in [0.25, 0.3) is 10.2 Å². The lowest BCUT2D eigenvalue weighted by Crippen LogP contribution is -2.25. The van der Waals surface area contributed by atoms with Crippen LogP contribution in [-0.4, -0.2) is 28.2 Å². The summed E-state index contributed by atoms with van der Waals surface area (Å²) in [6.07, 6.45) is 5.44. The van der Waals surface area contributed by atoms with E-state index in [9.17, 15) is 14.0 Å². The number of aryl methyl sites for hydroxylation is 2. The molecule has 1 amide bonds. The monoisotopic (exact) mass is 445 g/mol. The van der Waals surface area contributed by atoms with E-state index in [1.54, 1.807) is 35.2 Å². The van der Waals surface area contributed by atoms with Crippen molar-refractivity contribution < 1.29 is 9.18 Å². The fraction of sp³-hybridized carbons (Fsp3) is 0.409. The number of rotatable bonds is 8. The number of thiophene rings is 1. The Morgan fingerprint density at radius 1 is 1.23 bits per heavy atom. The molecule has 0 saturated carbocycles. The number of H-pyrrole nitrogens is 1. The summed E-state index contributed by atoms with van der Waals surface area (Å²) in [6, 6.07) is 6.31. The van der Waals surface area contributed by atoms with Crippen LogP contribution in [0, 0.1) is 5.82 Å². The van der Waals surface area contributed by atoms with Crippen LogP contribution in [0.1, 0.15) is 41.1 Å². The van der Waals surface area contributed by atoms with Crippen molar-refractivity contribution in [2.75, 3.05) is 12.3 Å². The van der Waals surface area contributed by atoms with Gasteiger partial charge in [-0.15, -0.1) is 11.3 Å². The molecule has 0 aliphatic heterocycles. The van der Waals surface area contributed by atoms with E-state index in [1.165, 1.54) is 29.0 Å². The minimum absolute atomic E-state index is 0.00699. The van der Waals surface area contributed by atoms with Gasteiger partial charge >= 0.3 is 0 Å². The van der Waals surface area contributed by atoms with Gasteiger partial charge in [-0.1, -0.05) is 12.1 Å². The third kappa shape index (κ3) is 5.10. The van der Waals surface area contributed by atoms with Gasteiger partial charge in [0.15, 0.2) is 0 Å². The fourth-order valence-electron chi connectivity index (χ4n) is 3.70. The first-order chi connectivity index (χ1) is 14.6. The van der Waals surface area contributed by atoms with Crippen LogP contribution in [0.3, 0.4) is 0 Å². The molecule has 8 heteroatoms. The van der Waals surface area contributed by atoms with Gasteiger partial charge in [0.05, 0.1) is 11.1 Å². The van der Waals surface area contributed by atoms with Crippen molar-refractivity contribution >= 4 is 39.2 Å². The van der Waals surface area contributed by atoms with Crippen LogP contribution in [0.15, 0.2) is 29.1 Å². The molecule has 0 atom stereocenters. The predicted molar refractivity (Wildman–Crippen MR) is 121 cm³/mol. The summed E-state index contributed by atoms with van der Waals surface area (Å²) < 4.78 is 12.9. The Bertz CT molecular complexity index is 1090. The molecule has 0 bridgehead atoms. The van der Waals surface area contributed by atoms with E-state index in [1.807, 2.05) is 0 Å². The zero-order valence-electron chi connectivity index (χ0n) is 16.6. The molecule has 4 rings (SSSR count). The number of nitrogens with one attached hydrogen (secondary N) is 2. The molecule has 3 aromatic rings. The molecule has 1 aliphatic carbocycles. The Labute approximate surface area is 182 Å². The van der Waals surface area contributed by atoms with E-state index in [2.05, 4.69) is 15.3 Å². The SMILES string of the molecule is O=C(CCSCc1nc2sc3c(c2c(=O)[nH]1)CCCC3)NCCc1ccc(F)cc1. The smallest absolute Gasteiger partial charge is 0.259 e. The minimum Gasteiger partial charge on any atom is -0.356 e. The van der Waals surface area contributed by atoms with Gasteiger partial charge in [-0.3, -0.25) is 9.59 Å². The standard InChI is InChI=1S/C22H24FN3O2S2/c23-15-7-5-14(6-8-15)9-11-24-19(27)10-12-29-13-18-25-21(28)20-16-3-1-2-4-17(16)30-22(20)26-18/h5-8H,1-4,9-13H2,(H,24,27)(H,25,26,28). The molecule has 0 radical (unpaired) electrons. The van der Waals surface area contributed by atoms with Gasteiger partial charge in [-0.05, 0) is 55.4 Å². The Morgan fingerprint density at radius 2 is 2.03 bits per heavy atom. The highest BCUT2D eigenvalue weighted by Crippen LogP contribution is 2.33. The summed E-state index contributed by atoms with van der Waals surface area (Å²) in [6.45, 7) is 0.531. The van der Waals surface area contributed by atoms with Crippen molar-refractivity contribution in [2.24, 2.45) is 0 Å². The zero-order valence-corrected chi connectivity index (χ0v) is 18.3. The summed E-state index contributed by atoms with van der Waals surface area (Å²) in [5, 5.41) is 3.67. The van der Waals surface area contributed by atoms with Gasteiger partial charge in [0.25, 0.3) is 5.56 Å². The van der Waals surface area contributed by atoms with Crippen LogP contribution in [0.2, 0.25) is 0 Å². The van der Waals surface area contributed by atoms with Crippen molar-refractivity contribution in [1.82, 2.24) is 15.3 Å². The van der Waals surface area contributed by atoms with Gasteiger partial charge in [-0.2, -0.15) is 11.8 Å². The van der Waals surface area contributed by atoms with E-state index in [4.69, 9.17) is 0 Å². The fourth-order valence-corrected chi connectivity index (χ4v) is 5.78. The van der Waals surface area contributed by atoms with Crippen molar-refractivity contribution in [3.05, 3.63) is 62.3 Å². The van der Waals surface area contributed by atoms with Gasteiger partial charge in [-0.25, -0.2) is 9.37 Å². The number of nitrogens with zero attached hydrogens (tertiary/aromatic N) is 1. The number of halogens is 1. The highest BCUT2D eigenvalue weighted by molar-refractivity contribution is 7.98. The first kappa shape index (κ1) is 21.1. The molecule has 5 nitrogen and oxygen atoms in total. The lowest BCUT2D eigenvalue weighted by molar-refractivity contribution is -0.120. The average Bonchev–Trinajstić information content (AvgIpc) is 3.11. The molecule has 30 heavy (non-hydrogen) atoms. The minimum atomic E-state index is -0.256. The van der Waals surface area contributed by atoms with Crippen LogP contribution in [0.4, 0.5) is 4.39 Å². The van der Waals surface area contributed by atoms with Gasteiger partial charge in [0, 0.05) is 23.6 Å². The molecular formula is C22H24FN3O2S2. The number of hydrogen-bond acceptors (Lipinski definition) is 5. The molecule has 1 aromatic carbocycles. The number of fused-ring (bicyclic) bond motifs is 3. The highest BCUT2D eigenvalue weighted by Gasteiger charge is 2.19. The third-order valence-electron chi connectivity index (χ3n) is 5.24. The first-order valence-electron chi connectivity index (χ1n) is 10.2. The normalized spacial score (nSPS) is 13.4. The quantitative estimate of drug-likeness (QED) is 0.514. The Morgan fingerprint density at radius 3 is 2.87 bits per heavy atom. The van der Waals surface area contributed by atoms with Gasteiger partial charge in [0.2, 0.25) is 5.91 Å². The maximum atomic E-state index is 12.9. The molecular weight excluding hydrogens is 421 g/mol. The third-order valence-corrected chi connectivity index (χ3v) is 7.39. The number of carbonyl (C=O) groups is 1. The van der Waals surface area contributed by atoms with Crippen molar-refractivity contribution in [2.45, 2.75) is 44.3 Å². The maximum Gasteiger partial charge on any atom is 0.259 e. The number of aromatic nitrogens is 2. The van der Waals surface area contributed by atoms with Crippen LogP contribution in [0.5, 0.6) is 0 Å². The topological polar surface area (TPSA) is 74.8 Å². The lowest BCUT2D eigenvalue weighted by atomic mass is 9.97. The summed E-state index contributed by atoms with van der Waals surface area (Å²) in [5.41, 5.74) is 2.16. The van der Waals surface area contributed by atoms with Crippen LogP contribution in [-0.2, 0) is 29.8 Å². The molecule has 158 valence electrons. The lowest BCUT2D eigenvalue weighted by Gasteiger charge is -2.09. The number of thioether (sulfide) groups is 1. The first-order valence-corrected chi connectivity index (χ1v) is 12.2. The van der Waals surface area contributed by atoms with E-state index < -0.39 is 0 Å². The molecule has 1 aliphatic rings. The van der Waals surface area contributed by atoms with E-state index in [0.29, 0.717) is 36.7 Å². The second kappa shape index (κ2) is 9.75. The van der Waals surface area contributed by atoms with Crippen molar-refractivity contribution in [3.63, 3.8) is 0 Å². The van der Waals surface area contributed by atoms with Crippen molar-refractivity contribution in [1.29, 1.82) is 0 Å². The molecule has 2 N–H and O–H groups in total. The summed E-state index contributed by atoms with van der Waals surface area (Å²) >= 11 is 3.24. The number of carbonyl (C=O) groups excluding carboxylic acids is 1. The predicted octanol–water partition coefficient (Wildman–Crippen LogP) is 3.98. The van der Waals surface area contributed by atoms with Crippen molar-refractivity contribution in [3.8, 4) is 0 Å². The number of aromatic amines is 1. The van der Waals surface area contributed by atoms with E-state index in [-0.39, 0.29) is 17.3 Å². The Kier molecular flexibility index (Phi) is 6.84. The second-order valence-corrected chi connectivity index (χ2v) is 9.62. The average molecular weight is 446 g/mol. The molecule has 0 unspecified atom stereocenters. The van der Waals surface area contributed by atoms with Gasteiger partial charge < -0.3 is 10.3 Å². The van der Waals surface area contributed by atoms with Gasteiger partial charge in [0.1, 0.15) is 16.5 Å². The molecule has 2 aromatic heterocycles. The number of benzene rings is 1.